The number of carbonyl (C=O) groups excluding carboxylic acids is 1. The number of aliphatic hydroxyl groups is 1. The van der Waals surface area contributed by atoms with Crippen molar-refractivity contribution >= 4 is 23.5 Å². The number of amides is 1. The summed E-state index contributed by atoms with van der Waals surface area (Å²) in [6.07, 6.45) is 7.31. The van der Waals surface area contributed by atoms with Crippen molar-refractivity contribution in [2.45, 2.75) is 44.8 Å². The highest BCUT2D eigenvalue weighted by Crippen LogP contribution is 2.23. The molecular weight excluding hydrogens is 371 g/mol. The highest BCUT2D eigenvalue weighted by Gasteiger charge is 2.25. The Morgan fingerprint density at radius 2 is 2.14 bits per heavy atom. The number of fused-ring (bicyclic) bond motifs is 1. The molecule has 4 rings (SSSR count). The van der Waals surface area contributed by atoms with E-state index in [1.165, 1.54) is 16.8 Å². The lowest BCUT2D eigenvalue weighted by atomic mass is 9.92. The molecule has 1 saturated carbocycles. The van der Waals surface area contributed by atoms with Crippen molar-refractivity contribution in [3.8, 4) is 0 Å². The van der Waals surface area contributed by atoms with Crippen LogP contribution in [0.5, 0.6) is 0 Å². The summed E-state index contributed by atoms with van der Waals surface area (Å²) < 4.78 is 16.4. The number of benzene rings is 1. The van der Waals surface area contributed by atoms with E-state index in [1.54, 1.807) is 36.5 Å². The van der Waals surface area contributed by atoms with Crippen LogP contribution in [-0.4, -0.2) is 37.8 Å². The number of nitrogens with zero attached hydrogens (tertiary/aromatic N) is 3. The molecule has 2 heterocycles. The van der Waals surface area contributed by atoms with Gasteiger partial charge in [-0.05, 0) is 61.2 Å². The first-order valence-corrected chi connectivity index (χ1v) is 9.79. The van der Waals surface area contributed by atoms with Gasteiger partial charge in [-0.1, -0.05) is 18.9 Å². The average molecular weight is 394 g/mol. The molecule has 29 heavy (non-hydrogen) atoms. The Morgan fingerprint density at radius 3 is 2.97 bits per heavy atom. The summed E-state index contributed by atoms with van der Waals surface area (Å²) in [7, 11) is 0. The van der Waals surface area contributed by atoms with Crippen molar-refractivity contribution in [1.82, 2.24) is 19.9 Å². The second kappa shape index (κ2) is 8.13. The lowest BCUT2D eigenvalue weighted by Crippen LogP contribution is -2.45. The number of hydrogen-bond acceptors (Lipinski definition) is 4. The molecule has 0 saturated heterocycles. The Balaban J connectivity index is 1.59. The normalized spacial score (nSPS) is 20.0. The fourth-order valence-corrected chi connectivity index (χ4v) is 3.67. The molecule has 6 nitrogen and oxygen atoms in total. The molecule has 0 unspecified atom stereocenters. The maximum absolute atomic E-state index is 14.9. The molecule has 1 aliphatic carbocycles. The van der Waals surface area contributed by atoms with Gasteiger partial charge in [0.25, 0.3) is 5.91 Å². The Hall–Kier alpha value is -3.06. The van der Waals surface area contributed by atoms with Gasteiger partial charge in [0.2, 0.25) is 0 Å². The van der Waals surface area contributed by atoms with Crippen LogP contribution in [0.15, 0.2) is 42.7 Å². The molecule has 0 aliphatic heterocycles. The number of aliphatic hydroxyl groups excluding tert-OH is 1. The van der Waals surface area contributed by atoms with E-state index in [-0.39, 0.29) is 17.6 Å². The van der Waals surface area contributed by atoms with Crippen molar-refractivity contribution < 1.29 is 14.3 Å². The highest BCUT2D eigenvalue weighted by atomic mass is 19.1. The Kier molecular flexibility index (Phi) is 5.40. The van der Waals surface area contributed by atoms with Crippen LogP contribution < -0.4 is 5.32 Å². The highest BCUT2D eigenvalue weighted by molar-refractivity contribution is 5.95. The van der Waals surface area contributed by atoms with E-state index in [0.717, 1.165) is 24.8 Å². The van der Waals surface area contributed by atoms with E-state index in [4.69, 9.17) is 0 Å². The van der Waals surface area contributed by atoms with E-state index in [0.29, 0.717) is 23.2 Å². The van der Waals surface area contributed by atoms with Crippen LogP contribution in [-0.2, 0) is 0 Å². The van der Waals surface area contributed by atoms with Crippen LogP contribution in [0.2, 0.25) is 0 Å². The van der Waals surface area contributed by atoms with Crippen molar-refractivity contribution in [2.75, 3.05) is 0 Å². The molecule has 2 N–H and O–H groups in total. The van der Waals surface area contributed by atoms with E-state index in [1.807, 2.05) is 6.92 Å². The molecule has 150 valence electrons. The summed E-state index contributed by atoms with van der Waals surface area (Å²) in [5.41, 5.74) is 2.69. The van der Waals surface area contributed by atoms with Gasteiger partial charge in [-0.25, -0.2) is 13.9 Å². The third-order valence-electron chi connectivity index (χ3n) is 5.39. The number of aromatic nitrogens is 3. The standard InChI is InChI=1S/C22H23FN4O2/c1-14-8-9-15(22(29)26-18-5-2-3-6-20(18)28)11-16(14)12-17(23)19-13-24-21-7-4-10-25-27(19)21/h4,7-13,18,20,28H,2-3,5-6H2,1H3,(H,26,29)/b17-12-/t18-,20-/m0/s1. The van der Waals surface area contributed by atoms with Crippen LogP contribution in [0, 0.1) is 6.92 Å². The monoisotopic (exact) mass is 394 g/mol. The summed E-state index contributed by atoms with van der Waals surface area (Å²) in [4.78, 5) is 16.8. The van der Waals surface area contributed by atoms with Crippen molar-refractivity contribution in [1.29, 1.82) is 0 Å². The topological polar surface area (TPSA) is 79.5 Å². The minimum absolute atomic E-state index is 0.238. The zero-order chi connectivity index (χ0) is 20.4. The summed E-state index contributed by atoms with van der Waals surface area (Å²) in [6.45, 7) is 1.86. The molecule has 0 radical (unpaired) electrons. The van der Waals surface area contributed by atoms with Crippen LogP contribution in [0.25, 0.3) is 17.6 Å². The van der Waals surface area contributed by atoms with Gasteiger partial charge in [0.1, 0.15) is 5.69 Å². The maximum atomic E-state index is 14.9. The Morgan fingerprint density at radius 1 is 1.31 bits per heavy atom. The van der Waals surface area contributed by atoms with E-state index < -0.39 is 11.9 Å². The predicted octanol–water partition coefficient (Wildman–Crippen LogP) is 3.54. The second-order valence-electron chi connectivity index (χ2n) is 7.43. The number of hydrogen-bond donors (Lipinski definition) is 2. The second-order valence-corrected chi connectivity index (χ2v) is 7.43. The molecule has 0 spiro atoms. The molecule has 2 aromatic heterocycles. The summed E-state index contributed by atoms with van der Waals surface area (Å²) in [6, 6.07) is 8.42. The third kappa shape index (κ3) is 4.05. The van der Waals surface area contributed by atoms with E-state index in [2.05, 4.69) is 15.4 Å². The van der Waals surface area contributed by atoms with Crippen molar-refractivity contribution in [3.63, 3.8) is 0 Å². The zero-order valence-corrected chi connectivity index (χ0v) is 16.2. The SMILES string of the molecule is Cc1ccc(C(=O)N[C@H]2CCCC[C@@H]2O)cc1/C=C(\F)c1cnc2cccnn12. The van der Waals surface area contributed by atoms with Gasteiger partial charge in [0, 0.05) is 11.8 Å². The molecule has 0 bridgehead atoms. The number of nitrogens with one attached hydrogen (secondary N) is 1. The zero-order valence-electron chi connectivity index (χ0n) is 16.2. The average Bonchev–Trinajstić information content (AvgIpc) is 3.15. The Bertz CT molecular complexity index is 1080. The summed E-state index contributed by atoms with van der Waals surface area (Å²) in [5.74, 6) is -0.748. The van der Waals surface area contributed by atoms with E-state index >= 15 is 0 Å². The van der Waals surface area contributed by atoms with Crippen LogP contribution >= 0.6 is 0 Å². The maximum Gasteiger partial charge on any atom is 0.251 e. The van der Waals surface area contributed by atoms with Crippen LogP contribution in [0.3, 0.4) is 0 Å². The third-order valence-corrected chi connectivity index (χ3v) is 5.39. The molecule has 1 amide bonds. The number of imidazole rings is 1. The number of rotatable bonds is 4. The van der Waals surface area contributed by atoms with Crippen molar-refractivity contribution in [2.24, 2.45) is 0 Å². The first-order valence-electron chi connectivity index (χ1n) is 9.79. The summed E-state index contributed by atoms with van der Waals surface area (Å²) >= 11 is 0. The predicted molar refractivity (Wildman–Crippen MR) is 109 cm³/mol. The van der Waals surface area contributed by atoms with Gasteiger partial charge in [0.15, 0.2) is 11.5 Å². The smallest absolute Gasteiger partial charge is 0.251 e. The largest absolute Gasteiger partial charge is 0.391 e. The van der Waals surface area contributed by atoms with Gasteiger partial charge in [0.05, 0.1) is 18.3 Å². The Labute approximate surface area is 168 Å². The van der Waals surface area contributed by atoms with Gasteiger partial charge in [-0.3, -0.25) is 4.79 Å². The van der Waals surface area contributed by atoms with Gasteiger partial charge < -0.3 is 10.4 Å². The lowest BCUT2D eigenvalue weighted by molar-refractivity contribution is 0.0717. The van der Waals surface area contributed by atoms with E-state index in [9.17, 15) is 14.3 Å². The fraction of sp³-hybridized carbons (Fsp3) is 0.318. The minimum atomic E-state index is -0.516. The fourth-order valence-electron chi connectivity index (χ4n) is 3.67. The molecule has 3 aromatic rings. The molecule has 1 fully saturated rings. The molecule has 7 heteroatoms. The number of aryl methyl sites for hydroxylation is 1. The number of halogens is 1. The quantitative estimate of drug-likeness (QED) is 0.709. The van der Waals surface area contributed by atoms with Gasteiger partial charge in [-0.15, -0.1) is 0 Å². The molecule has 1 aliphatic rings. The lowest BCUT2D eigenvalue weighted by Gasteiger charge is -2.28. The molecular formula is C22H23FN4O2. The first kappa shape index (κ1) is 19.3. The first-order chi connectivity index (χ1) is 14.0. The molecule has 1 aromatic carbocycles. The van der Waals surface area contributed by atoms with Gasteiger partial charge in [-0.2, -0.15) is 5.10 Å². The molecule has 2 atom stereocenters. The van der Waals surface area contributed by atoms with Crippen LogP contribution in [0.4, 0.5) is 4.39 Å². The van der Waals surface area contributed by atoms with Crippen molar-refractivity contribution in [3.05, 3.63) is 65.1 Å². The summed E-state index contributed by atoms with van der Waals surface area (Å²) in [5, 5.41) is 17.1. The van der Waals surface area contributed by atoms with Gasteiger partial charge >= 0.3 is 0 Å². The number of carbonyl (C=O) groups is 1. The minimum Gasteiger partial charge on any atom is -0.391 e. The van der Waals surface area contributed by atoms with Crippen LogP contribution in [0.1, 0.15) is 52.9 Å².